The molecule has 2 aromatic heterocycles. The van der Waals surface area contributed by atoms with Crippen LogP contribution in [0.2, 0.25) is 0 Å². The first-order chi connectivity index (χ1) is 16.0. The van der Waals surface area contributed by atoms with Crippen LogP contribution in [-0.4, -0.2) is 58.6 Å². The number of rotatable bonds is 8. The van der Waals surface area contributed by atoms with E-state index in [1.807, 2.05) is 12.4 Å². The number of aliphatic imine (C=N–C) groups is 2. The topological polar surface area (TPSA) is 135 Å². The van der Waals surface area contributed by atoms with E-state index in [1.165, 1.54) is 17.7 Å². The Morgan fingerprint density at radius 1 is 1.18 bits per heavy atom. The molecule has 4 rings (SSSR count). The second-order valence-corrected chi connectivity index (χ2v) is 8.55. The first-order valence-electron chi connectivity index (χ1n) is 11.2. The van der Waals surface area contributed by atoms with Gasteiger partial charge < -0.3 is 22.2 Å². The lowest BCUT2D eigenvalue weighted by Gasteiger charge is -2.38. The van der Waals surface area contributed by atoms with Gasteiger partial charge in [0.05, 0.1) is 17.1 Å². The van der Waals surface area contributed by atoms with Crippen molar-refractivity contribution in [2.24, 2.45) is 33.1 Å². The zero-order valence-corrected chi connectivity index (χ0v) is 18.6. The SMILES string of the molecule is NCC(C=NC1(CN)CCN(Cc2ccnc3[nH]ccc23)CC1)C(N)=Nc1ccc(F)cc1. The summed E-state index contributed by atoms with van der Waals surface area (Å²) in [4.78, 5) is 19.2. The Hall–Kier alpha value is -3.14. The maximum Gasteiger partial charge on any atom is 0.137 e. The monoisotopic (exact) mass is 450 g/mol. The van der Waals surface area contributed by atoms with Crippen molar-refractivity contribution in [2.45, 2.75) is 24.9 Å². The number of halogens is 1. The standard InChI is InChI=1S/C24H31FN8/c25-19-1-3-20(4-2-19)32-22(28)18(13-26)14-31-24(16-27)7-11-33(12-8-24)15-17-5-9-29-23-21(17)6-10-30-23/h1-6,9-10,14,18H,7-8,11-13,15-16,26-27H2,(H2,28,32)(H,29,30). The van der Waals surface area contributed by atoms with Crippen LogP contribution in [0.15, 0.2) is 58.8 Å². The number of nitrogens with two attached hydrogens (primary N) is 3. The molecule has 0 aliphatic carbocycles. The predicted octanol–water partition coefficient (Wildman–Crippen LogP) is 2.33. The molecular weight excluding hydrogens is 419 g/mol. The Kier molecular flexibility index (Phi) is 7.12. The van der Waals surface area contributed by atoms with Gasteiger partial charge in [-0.05, 0) is 54.8 Å². The van der Waals surface area contributed by atoms with E-state index in [0.717, 1.165) is 43.5 Å². The highest BCUT2D eigenvalue weighted by molar-refractivity contribution is 5.97. The number of benzene rings is 1. The number of aromatic nitrogens is 2. The fourth-order valence-corrected chi connectivity index (χ4v) is 4.16. The molecule has 0 saturated carbocycles. The molecule has 0 radical (unpaired) electrons. The van der Waals surface area contributed by atoms with Gasteiger partial charge in [-0.3, -0.25) is 9.89 Å². The van der Waals surface area contributed by atoms with Gasteiger partial charge >= 0.3 is 0 Å². The molecule has 1 saturated heterocycles. The van der Waals surface area contributed by atoms with Gasteiger partial charge in [-0.25, -0.2) is 14.4 Å². The number of hydrogen-bond donors (Lipinski definition) is 4. The van der Waals surface area contributed by atoms with Crippen molar-refractivity contribution < 1.29 is 4.39 Å². The molecule has 1 fully saturated rings. The number of H-pyrrole nitrogens is 1. The van der Waals surface area contributed by atoms with Crippen LogP contribution in [0.5, 0.6) is 0 Å². The molecule has 0 bridgehead atoms. The van der Waals surface area contributed by atoms with E-state index in [-0.39, 0.29) is 23.8 Å². The fraction of sp³-hybridized carbons (Fsp3) is 0.375. The van der Waals surface area contributed by atoms with Crippen molar-refractivity contribution in [1.82, 2.24) is 14.9 Å². The number of hydrogen-bond acceptors (Lipinski definition) is 6. The highest BCUT2D eigenvalue weighted by atomic mass is 19.1. The molecule has 1 aromatic carbocycles. The summed E-state index contributed by atoms with van der Waals surface area (Å²) in [6.07, 6.45) is 7.26. The smallest absolute Gasteiger partial charge is 0.137 e. The maximum absolute atomic E-state index is 13.1. The highest BCUT2D eigenvalue weighted by Crippen LogP contribution is 2.27. The highest BCUT2D eigenvalue weighted by Gasteiger charge is 2.33. The first-order valence-corrected chi connectivity index (χ1v) is 11.2. The Morgan fingerprint density at radius 3 is 2.64 bits per heavy atom. The van der Waals surface area contributed by atoms with E-state index in [1.54, 1.807) is 18.3 Å². The molecule has 1 unspecified atom stereocenters. The lowest BCUT2D eigenvalue weighted by molar-refractivity contribution is 0.161. The van der Waals surface area contributed by atoms with Gasteiger partial charge in [0.2, 0.25) is 0 Å². The first kappa shape index (κ1) is 23.0. The largest absolute Gasteiger partial charge is 0.387 e. The second-order valence-electron chi connectivity index (χ2n) is 8.55. The Labute approximate surface area is 192 Å². The van der Waals surface area contributed by atoms with Crippen LogP contribution in [0.1, 0.15) is 18.4 Å². The third-order valence-corrected chi connectivity index (χ3v) is 6.36. The summed E-state index contributed by atoms with van der Waals surface area (Å²) in [6, 6.07) is 10.0. The van der Waals surface area contributed by atoms with Gasteiger partial charge in [0.25, 0.3) is 0 Å². The van der Waals surface area contributed by atoms with Crippen molar-refractivity contribution in [3.05, 3.63) is 60.2 Å². The van der Waals surface area contributed by atoms with Crippen LogP contribution in [-0.2, 0) is 6.54 Å². The molecule has 0 amide bonds. The predicted molar refractivity (Wildman–Crippen MR) is 131 cm³/mol. The molecule has 3 heterocycles. The molecule has 8 nitrogen and oxygen atoms in total. The minimum atomic E-state index is -0.332. The van der Waals surface area contributed by atoms with Crippen molar-refractivity contribution >= 4 is 28.8 Å². The van der Waals surface area contributed by atoms with E-state index in [0.29, 0.717) is 18.1 Å². The lowest BCUT2D eigenvalue weighted by Crippen LogP contribution is -2.47. The number of aromatic amines is 1. The lowest BCUT2D eigenvalue weighted by atomic mass is 9.87. The van der Waals surface area contributed by atoms with Crippen LogP contribution < -0.4 is 17.2 Å². The van der Waals surface area contributed by atoms with E-state index < -0.39 is 0 Å². The van der Waals surface area contributed by atoms with Crippen molar-refractivity contribution in [3.8, 4) is 0 Å². The molecule has 3 aromatic rings. The summed E-state index contributed by atoms with van der Waals surface area (Å²) in [5.41, 5.74) is 20.7. The van der Waals surface area contributed by atoms with Crippen LogP contribution in [0, 0.1) is 11.7 Å². The normalized spacial score (nSPS) is 18.2. The van der Waals surface area contributed by atoms with E-state index in [2.05, 4.69) is 32.0 Å². The summed E-state index contributed by atoms with van der Waals surface area (Å²) in [5, 5.41) is 1.16. The minimum absolute atomic E-state index is 0.279. The summed E-state index contributed by atoms with van der Waals surface area (Å²) >= 11 is 0. The number of nitrogens with zero attached hydrogens (tertiary/aromatic N) is 4. The van der Waals surface area contributed by atoms with Gasteiger partial charge in [0, 0.05) is 56.7 Å². The van der Waals surface area contributed by atoms with Crippen LogP contribution in [0.3, 0.4) is 0 Å². The summed E-state index contributed by atoms with van der Waals surface area (Å²) in [6.45, 7) is 3.40. The quantitative estimate of drug-likeness (QED) is 0.309. The van der Waals surface area contributed by atoms with Crippen LogP contribution >= 0.6 is 0 Å². The molecule has 1 atom stereocenters. The number of amidine groups is 1. The Balaban J connectivity index is 1.40. The fourth-order valence-electron chi connectivity index (χ4n) is 4.16. The Bertz CT molecular complexity index is 1110. The molecule has 1 aliphatic heterocycles. The molecule has 0 spiro atoms. The number of likely N-dealkylation sites (tertiary alicyclic amines) is 1. The molecule has 9 heteroatoms. The van der Waals surface area contributed by atoms with Gasteiger partial charge in [0.15, 0.2) is 0 Å². The van der Waals surface area contributed by atoms with Gasteiger partial charge in [0.1, 0.15) is 17.3 Å². The molecule has 7 N–H and O–H groups in total. The Morgan fingerprint density at radius 2 is 1.94 bits per heavy atom. The maximum atomic E-state index is 13.1. The van der Waals surface area contributed by atoms with Gasteiger partial charge in [-0.15, -0.1) is 0 Å². The molecule has 1 aliphatic rings. The zero-order chi connectivity index (χ0) is 23.3. The number of nitrogens with one attached hydrogen (secondary N) is 1. The van der Waals surface area contributed by atoms with E-state index in [9.17, 15) is 4.39 Å². The van der Waals surface area contributed by atoms with Crippen LogP contribution in [0.25, 0.3) is 11.0 Å². The number of piperidine rings is 1. The average Bonchev–Trinajstić information content (AvgIpc) is 3.32. The van der Waals surface area contributed by atoms with E-state index in [4.69, 9.17) is 22.2 Å². The summed E-state index contributed by atoms with van der Waals surface area (Å²) < 4.78 is 13.1. The molecule has 174 valence electrons. The summed E-state index contributed by atoms with van der Waals surface area (Å²) in [7, 11) is 0. The third-order valence-electron chi connectivity index (χ3n) is 6.36. The third kappa shape index (κ3) is 5.44. The molecule has 33 heavy (non-hydrogen) atoms. The summed E-state index contributed by atoms with van der Waals surface area (Å²) in [5.74, 6) is -0.275. The number of pyridine rings is 1. The average molecular weight is 451 g/mol. The van der Waals surface area contributed by atoms with Crippen molar-refractivity contribution in [2.75, 3.05) is 26.2 Å². The second kappa shape index (κ2) is 10.2. The van der Waals surface area contributed by atoms with Crippen LogP contribution in [0.4, 0.5) is 10.1 Å². The van der Waals surface area contributed by atoms with Gasteiger partial charge in [-0.2, -0.15) is 0 Å². The van der Waals surface area contributed by atoms with Crippen molar-refractivity contribution in [3.63, 3.8) is 0 Å². The minimum Gasteiger partial charge on any atom is -0.387 e. The molecular formula is C24H31FN8. The van der Waals surface area contributed by atoms with Gasteiger partial charge in [-0.1, -0.05) is 0 Å². The zero-order valence-electron chi connectivity index (χ0n) is 18.6. The van der Waals surface area contributed by atoms with E-state index >= 15 is 0 Å². The van der Waals surface area contributed by atoms with Crippen molar-refractivity contribution in [1.29, 1.82) is 0 Å². The number of fused-ring (bicyclic) bond motifs is 1.